The van der Waals surface area contributed by atoms with Gasteiger partial charge in [0.15, 0.2) is 5.78 Å². The lowest BCUT2D eigenvalue weighted by molar-refractivity contribution is -0.121. The number of Topliss-reactive ketones (excluding diaryl/α,β-unsaturated/α-hetero) is 1. The van der Waals surface area contributed by atoms with E-state index < -0.39 is 29.3 Å². The topological polar surface area (TPSA) is 46.6 Å². The molecular formula is C26H33F2NO3. The van der Waals surface area contributed by atoms with E-state index in [0.29, 0.717) is 22.3 Å². The van der Waals surface area contributed by atoms with Gasteiger partial charge in [0.2, 0.25) is 0 Å². The Labute approximate surface area is 189 Å². The van der Waals surface area contributed by atoms with Crippen LogP contribution < -0.4 is 0 Å². The van der Waals surface area contributed by atoms with Crippen LogP contribution in [0.1, 0.15) is 65.0 Å². The Morgan fingerprint density at radius 2 is 1.94 bits per heavy atom. The smallest absolute Gasteiger partial charge is 0.410 e. The molecule has 6 heteroatoms. The van der Waals surface area contributed by atoms with E-state index in [9.17, 15) is 18.4 Å². The van der Waals surface area contributed by atoms with Crippen LogP contribution in [0.3, 0.4) is 0 Å². The molecule has 0 fully saturated rings. The van der Waals surface area contributed by atoms with Gasteiger partial charge in [0, 0.05) is 6.04 Å². The second-order valence-electron chi connectivity index (χ2n) is 9.25. The zero-order valence-electron chi connectivity index (χ0n) is 19.8. The first kappa shape index (κ1) is 25.5. The first-order valence-electron chi connectivity index (χ1n) is 10.9. The number of hydrogen-bond acceptors (Lipinski definition) is 3. The van der Waals surface area contributed by atoms with Gasteiger partial charge in [-0.15, -0.1) is 0 Å². The van der Waals surface area contributed by atoms with Gasteiger partial charge < -0.3 is 4.74 Å². The van der Waals surface area contributed by atoms with E-state index in [1.165, 1.54) is 11.0 Å². The monoisotopic (exact) mass is 445 g/mol. The third-order valence-corrected chi connectivity index (χ3v) is 5.32. The minimum atomic E-state index is -0.925. The van der Waals surface area contributed by atoms with Gasteiger partial charge in [0.25, 0.3) is 0 Å². The molecule has 1 aromatic carbocycles. The molecule has 174 valence electrons. The van der Waals surface area contributed by atoms with E-state index in [0.717, 1.165) is 0 Å². The molecule has 1 unspecified atom stereocenters. The van der Waals surface area contributed by atoms with Crippen LogP contribution in [-0.4, -0.2) is 35.0 Å². The second kappa shape index (κ2) is 10.2. The van der Waals surface area contributed by atoms with E-state index in [1.807, 2.05) is 0 Å². The average Bonchev–Trinajstić information content (AvgIpc) is 2.82. The molecule has 0 bridgehead atoms. The molecule has 1 aliphatic rings. The largest absolute Gasteiger partial charge is 0.444 e. The Hall–Kier alpha value is -2.76. The highest BCUT2D eigenvalue weighted by Gasteiger charge is 2.35. The first-order chi connectivity index (χ1) is 14.9. The van der Waals surface area contributed by atoms with Gasteiger partial charge in [0.05, 0.1) is 12.5 Å². The minimum absolute atomic E-state index is 0.229. The van der Waals surface area contributed by atoms with Gasteiger partial charge in [-0.25, -0.2) is 13.6 Å². The molecule has 2 rings (SSSR count). The number of hydrogen-bond donors (Lipinski definition) is 0. The quantitative estimate of drug-likeness (QED) is 0.507. The van der Waals surface area contributed by atoms with E-state index in [-0.39, 0.29) is 31.2 Å². The molecule has 1 aliphatic carbocycles. The maximum Gasteiger partial charge on any atom is 0.410 e. The number of halogens is 2. The van der Waals surface area contributed by atoms with Crippen LogP contribution >= 0.6 is 0 Å². The van der Waals surface area contributed by atoms with Crippen molar-refractivity contribution in [2.24, 2.45) is 0 Å². The number of carbonyl (C=O) groups excluding carboxylic acids is 2. The van der Waals surface area contributed by atoms with Gasteiger partial charge in [-0.1, -0.05) is 30.9 Å². The summed E-state index contributed by atoms with van der Waals surface area (Å²) in [5.74, 6) is -2.34. The minimum Gasteiger partial charge on any atom is -0.444 e. The fraction of sp³-hybridized carbons (Fsp3) is 0.462. The fourth-order valence-corrected chi connectivity index (χ4v) is 3.90. The van der Waals surface area contributed by atoms with Crippen molar-refractivity contribution in [1.29, 1.82) is 0 Å². The number of carbonyl (C=O) groups is 2. The molecule has 32 heavy (non-hydrogen) atoms. The molecule has 0 saturated heterocycles. The third kappa shape index (κ3) is 5.93. The molecule has 0 spiro atoms. The summed E-state index contributed by atoms with van der Waals surface area (Å²) in [4.78, 5) is 27.8. The third-order valence-electron chi connectivity index (χ3n) is 5.32. The molecule has 4 nitrogen and oxygen atoms in total. The van der Waals surface area contributed by atoms with Gasteiger partial charge in [-0.2, -0.15) is 0 Å². The highest BCUT2D eigenvalue weighted by Crippen LogP contribution is 2.40. The number of ketones is 1. The van der Waals surface area contributed by atoms with Crippen molar-refractivity contribution in [1.82, 2.24) is 4.90 Å². The summed E-state index contributed by atoms with van der Waals surface area (Å²) >= 11 is 0. The highest BCUT2D eigenvalue weighted by molar-refractivity contribution is 5.94. The van der Waals surface area contributed by atoms with Crippen LogP contribution in [0.4, 0.5) is 13.6 Å². The lowest BCUT2D eigenvalue weighted by atomic mass is 9.83. The van der Waals surface area contributed by atoms with E-state index in [1.54, 1.807) is 65.8 Å². The van der Waals surface area contributed by atoms with E-state index in [2.05, 4.69) is 6.58 Å². The standard InChI is InChI=1S/C26H33F2NO3/c1-8-10-20-18(17(4)27)13-14-19-21(11-9-12-22(19)28)24(20)23(30)15-29(16(2)3)25(31)32-26(5,6)7/h8-12,16,24H,4,13-15H2,1-3,5-7H3/b10-8-. The van der Waals surface area contributed by atoms with E-state index >= 15 is 0 Å². The SMILES string of the molecule is C=C(F)C1=C(/C=C\C)C(C(=O)CN(C(=O)OC(C)(C)C)C(C)C)c2cccc(F)c2CC1. The summed E-state index contributed by atoms with van der Waals surface area (Å²) in [6, 6.07) is 4.27. The number of nitrogens with zero attached hydrogens (tertiary/aromatic N) is 1. The number of rotatable bonds is 6. The molecule has 0 saturated carbocycles. The lowest BCUT2D eigenvalue weighted by Crippen LogP contribution is -2.44. The van der Waals surface area contributed by atoms with Crippen LogP contribution in [0.15, 0.2) is 53.9 Å². The first-order valence-corrected chi connectivity index (χ1v) is 10.9. The zero-order chi connectivity index (χ0) is 24.2. The lowest BCUT2D eigenvalue weighted by Gasteiger charge is -2.31. The molecular weight excluding hydrogens is 412 g/mol. The van der Waals surface area contributed by atoms with Crippen LogP contribution in [0.25, 0.3) is 0 Å². The Morgan fingerprint density at radius 3 is 2.47 bits per heavy atom. The number of ether oxygens (including phenoxy) is 1. The summed E-state index contributed by atoms with van der Waals surface area (Å²) in [6.07, 6.45) is 3.27. The van der Waals surface area contributed by atoms with Crippen molar-refractivity contribution in [3.63, 3.8) is 0 Å². The van der Waals surface area contributed by atoms with Gasteiger partial charge in [-0.05, 0) is 82.7 Å². The molecule has 0 radical (unpaired) electrons. The van der Waals surface area contributed by atoms with Gasteiger partial charge >= 0.3 is 6.09 Å². The molecule has 0 aromatic heterocycles. The van der Waals surface area contributed by atoms with E-state index in [4.69, 9.17) is 4.74 Å². The van der Waals surface area contributed by atoms with Crippen LogP contribution in [0.2, 0.25) is 0 Å². The van der Waals surface area contributed by atoms with Gasteiger partial charge in [0.1, 0.15) is 17.2 Å². The van der Waals surface area contributed by atoms with Crippen molar-refractivity contribution >= 4 is 11.9 Å². The number of amides is 1. The average molecular weight is 446 g/mol. The highest BCUT2D eigenvalue weighted by atomic mass is 19.1. The van der Waals surface area contributed by atoms with Crippen LogP contribution in [0, 0.1) is 5.82 Å². The van der Waals surface area contributed by atoms with Crippen molar-refractivity contribution in [2.45, 2.75) is 71.9 Å². The molecule has 1 amide bonds. The van der Waals surface area contributed by atoms with Crippen LogP contribution in [0.5, 0.6) is 0 Å². The van der Waals surface area contributed by atoms with Crippen molar-refractivity contribution in [3.05, 3.63) is 70.8 Å². The summed E-state index contributed by atoms with van der Waals surface area (Å²) in [7, 11) is 0. The predicted molar refractivity (Wildman–Crippen MR) is 123 cm³/mol. The second-order valence-corrected chi connectivity index (χ2v) is 9.25. The van der Waals surface area contributed by atoms with Crippen LogP contribution in [-0.2, 0) is 16.0 Å². The molecule has 0 N–H and O–H groups in total. The Kier molecular flexibility index (Phi) is 8.16. The normalized spacial score (nSPS) is 16.7. The maximum absolute atomic E-state index is 14.7. The Bertz CT molecular complexity index is 954. The summed E-state index contributed by atoms with van der Waals surface area (Å²) in [5, 5.41) is 0. The summed E-state index contributed by atoms with van der Waals surface area (Å²) < 4.78 is 34.6. The molecule has 0 heterocycles. The Balaban J connectivity index is 2.59. The number of allylic oxidation sites excluding steroid dienone is 5. The number of fused-ring (bicyclic) bond motifs is 1. The molecule has 1 atom stereocenters. The van der Waals surface area contributed by atoms with Gasteiger partial charge in [-0.3, -0.25) is 9.69 Å². The number of benzene rings is 1. The summed E-state index contributed by atoms with van der Waals surface area (Å²) in [5.41, 5.74) is 0.901. The zero-order valence-corrected chi connectivity index (χ0v) is 19.8. The fourth-order valence-electron chi connectivity index (χ4n) is 3.90. The molecule has 1 aromatic rings. The van der Waals surface area contributed by atoms with Crippen molar-refractivity contribution in [3.8, 4) is 0 Å². The van der Waals surface area contributed by atoms with Crippen molar-refractivity contribution in [2.75, 3.05) is 6.54 Å². The Morgan fingerprint density at radius 1 is 1.28 bits per heavy atom. The van der Waals surface area contributed by atoms with Crippen molar-refractivity contribution < 1.29 is 23.1 Å². The molecule has 0 aliphatic heterocycles. The summed E-state index contributed by atoms with van der Waals surface area (Å²) in [6.45, 7) is 13.8. The predicted octanol–water partition coefficient (Wildman–Crippen LogP) is 6.43. The maximum atomic E-state index is 14.7.